The van der Waals surface area contributed by atoms with Gasteiger partial charge in [0.2, 0.25) is 11.8 Å². The van der Waals surface area contributed by atoms with Gasteiger partial charge in [-0.05, 0) is 40.5 Å². The molecule has 8 nitrogen and oxygen atoms in total. The average Bonchev–Trinajstić information content (AvgIpc) is 3.25. The number of benzene rings is 3. The maximum absolute atomic E-state index is 14.0. The van der Waals surface area contributed by atoms with E-state index >= 15 is 0 Å². The van der Waals surface area contributed by atoms with Gasteiger partial charge in [-0.15, -0.1) is 0 Å². The highest BCUT2D eigenvalue weighted by Crippen LogP contribution is 2.31. The van der Waals surface area contributed by atoms with Gasteiger partial charge >= 0.3 is 6.03 Å². The summed E-state index contributed by atoms with van der Waals surface area (Å²) in [7, 11) is 1.56. The smallest absolute Gasteiger partial charge is 0.331 e. The van der Waals surface area contributed by atoms with E-state index in [1.165, 1.54) is 12.1 Å². The van der Waals surface area contributed by atoms with E-state index in [0.717, 1.165) is 21.9 Å². The van der Waals surface area contributed by atoms with Gasteiger partial charge in [0.05, 0.1) is 13.1 Å². The number of hydrogen-bond donors (Lipinski definition) is 1. The quantitative estimate of drug-likeness (QED) is 0.522. The number of hydrazine groups is 1. The number of fused-ring (bicyclic) bond motifs is 2. The molecule has 0 aromatic heterocycles. The number of halogens is 1. The zero-order valence-electron chi connectivity index (χ0n) is 21.6. The molecule has 5 rings (SSSR count). The SMILES string of the molecule is CCCN(C(=O)NC)N1CC(=O)N2[C@@H](Cc3ccc(F)cc3)C(=O)N(Cc3cccc4ccccc34)C[C@@H]21. The van der Waals surface area contributed by atoms with Crippen LogP contribution in [-0.2, 0) is 22.6 Å². The highest BCUT2D eigenvalue weighted by Gasteiger charge is 2.52. The Morgan fingerprint density at radius 2 is 1.79 bits per heavy atom. The summed E-state index contributed by atoms with van der Waals surface area (Å²) in [5.41, 5.74) is 1.77. The molecule has 198 valence electrons. The summed E-state index contributed by atoms with van der Waals surface area (Å²) < 4.78 is 13.6. The molecule has 0 saturated carbocycles. The number of hydrogen-bond acceptors (Lipinski definition) is 4. The van der Waals surface area contributed by atoms with Crippen molar-refractivity contribution in [1.82, 2.24) is 25.1 Å². The van der Waals surface area contributed by atoms with E-state index in [9.17, 15) is 18.8 Å². The fourth-order valence-electron chi connectivity index (χ4n) is 5.56. The molecule has 2 heterocycles. The van der Waals surface area contributed by atoms with Crippen LogP contribution >= 0.6 is 0 Å². The third-order valence-corrected chi connectivity index (χ3v) is 7.34. The molecule has 0 unspecified atom stereocenters. The lowest BCUT2D eigenvalue weighted by Crippen LogP contribution is -2.66. The lowest BCUT2D eigenvalue weighted by molar-refractivity contribution is -0.157. The highest BCUT2D eigenvalue weighted by atomic mass is 19.1. The van der Waals surface area contributed by atoms with Gasteiger partial charge < -0.3 is 15.1 Å². The summed E-state index contributed by atoms with van der Waals surface area (Å²) >= 11 is 0. The standard InChI is InChI=1S/C29H32FN5O3/c1-3-15-33(29(38)31-2)34-19-27(36)35-25(16-20-11-13-23(30)14-12-20)28(37)32(18-26(34)35)17-22-9-6-8-21-7-4-5-10-24(21)22/h4-14,25-26H,3,15-19H2,1-2H3,(H,31,38)/t25-,26+/m0/s1. The largest absolute Gasteiger partial charge is 0.340 e. The summed E-state index contributed by atoms with van der Waals surface area (Å²) in [5.74, 6) is -0.718. The maximum Gasteiger partial charge on any atom is 0.331 e. The van der Waals surface area contributed by atoms with E-state index in [2.05, 4.69) is 5.32 Å². The van der Waals surface area contributed by atoms with Gasteiger partial charge in [-0.2, -0.15) is 5.01 Å². The first-order chi connectivity index (χ1) is 18.4. The van der Waals surface area contributed by atoms with E-state index in [0.29, 0.717) is 19.5 Å². The van der Waals surface area contributed by atoms with Crippen molar-refractivity contribution in [2.75, 3.05) is 26.7 Å². The van der Waals surface area contributed by atoms with Crippen molar-refractivity contribution in [2.24, 2.45) is 0 Å². The molecular formula is C29H32FN5O3. The van der Waals surface area contributed by atoms with Crippen LogP contribution in [0, 0.1) is 5.82 Å². The van der Waals surface area contributed by atoms with Gasteiger partial charge in [0.25, 0.3) is 0 Å². The van der Waals surface area contributed by atoms with Gasteiger partial charge in [0.15, 0.2) is 0 Å². The Hall–Kier alpha value is -3.98. The van der Waals surface area contributed by atoms with Gasteiger partial charge in [-0.25, -0.2) is 9.18 Å². The molecule has 0 bridgehead atoms. The topological polar surface area (TPSA) is 76.2 Å². The molecule has 2 aliphatic rings. The number of nitrogens with zero attached hydrogens (tertiary/aromatic N) is 4. The Kier molecular flexibility index (Phi) is 7.28. The molecule has 2 saturated heterocycles. The van der Waals surface area contributed by atoms with E-state index < -0.39 is 12.2 Å². The first-order valence-electron chi connectivity index (χ1n) is 13.0. The molecule has 38 heavy (non-hydrogen) atoms. The van der Waals surface area contributed by atoms with Crippen molar-refractivity contribution in [1.29, 1.82) is 0 Å². The molecule has 0 radical (unpaired) electrons. The van der Waals surface area contributed by atoms with E-state index in [4.69, 9.17) is 0 Å². The average molecular weight is 518 g/mol. The second kappa shape index (κ2) is 10.8. The molecule has 2 aliphatic heterocycles. The zero-order valence-corrected chi connectivity index (χ0v) is 21.6. The Balaban J connectivity index is 1.52. The van der Waals surface area contributed by atoms with Crippen LogP contribution in [0.4, 0.5) is 9.18 Å². The molecule has 2 fully saturated rings. The van der Waals surface area contributed by atoms with Crippen molar-refractivity contribution in [3.05, 3.63) is 83.7 Å². The molecular weight excluding hydrogens is 485 g/mol. The van der Waals surface area contributed by atoms with Crippen LogP contribution < -0.4 is 5.32 Å². The molecule has 0 aliphatic carbocycles. The molecule has 3 aromatic rings. The molecule has 3 aromatic carbocycles. The predicted octanol–water partition coefficient (Wildman–Crippen LogP) is 3.37. The second-order valence-corrected chi connectivity index (χ2v) is 9.76. The van der Waals surface area contributed by atoms with E-state index in [1.807, 2.05) is 49.4 Å². The van der Waals surface area contributed by atoms with Crippen LogP contribution in [-0.4, -0.2) is 76.6 Å². The first kappa shape index (κ1) is 25.7. The number of carbonyl (C=O) groups is 3. The maximum atomic E-state index is 14.0. The monoisotopic (exact) mass is 517 g/mol. The minimum atomic E-state index is -0.764. The lowest BCUT2D eigenvalue weighted by atomic mass is 9.99. The van der Waals surface area contributed by atoms with Crippen molar-refractivity contribution < 1.29 is 18.8 Å². The number of amides is 4. The molecule has 9 heteroatoms. The van der Waals surface area contributed by atoms with Crippen LogP contribution in [0.15, 0.2) is 66.7 Å². The van der Waals surface area contributed by atoms with Gasteiger partial charge in [0.1, 0.15) is 18.0 Å². The molecule has 1 N–H and O–H groups in total. The van der Waals surface area contributed by atoms with Crippen LogP contribution in [0.1, 0.15) is 24.5 Å². The third-order valence-electron chi connectivity index (χ3n) is 7.34. The van der Waals surface area contributed by atoms with Gasteiger partial charge in [-0.1, -0.05) is 61.5 Å². The van der Waals surface area contributed by atoms with Gasteiger partial charge in [-0.3, -0.25) is 14.6 Å². The van der Waals surface area contributed by atoms with Crippen LogP contribution in [0.5, 0.6) is 0 Å². The van der Waals surface area contributed by atoms with E-state index in [-0.39, 0.29) is 43.2 Å². The fraction of sp³-hybridized carbons (Fsp3) is 0.345. The summed E-state index contributed by atoms with van der Waals surface area (Å²) in [5, 5.41) is 8.18. The van der Waals surface area contributed by atoms with E-state index in [1.54, 1.807) is 39.0 Å². The molecule has 2 atom stereocenters. The Morgan fingerprint density at radius 1 is 1.05 bits per heavy atom. The lowest BCUT2D eigenvalue weighted by Gasteiger charge is -2.46. The van der Waals surface area contributed by atoms with Crippen LogP contribution in [0.3, 0.4) is 0 Å². The Morgan fingerprint density at radius 3 is 2.53 bits per heavy atom. The summed E-state index contributed by atoms with van der Waals surface area (Å²) in [6.07, 6.45) is 0.474. The number of carbonyl (C=O) groups excluding carboxylic acids is 3. The van der Waals surface area contributed by atoms with Crippen LogP contribution in [0.25, 0.3) is 10.8 Å². The normalized spacial score (nSPS) is 19.7. The zero-order chi connectivity index (χ0) is 26.8. The Labute approximate surface area is 221 Å². The summed E-state index contributed by atoms with van der Waals surface area (Å²) in [4.78, 5) is 43.5. The van der Waals surface area contributed by atoms with Crippen molar-refractivity contribution in [3.63, 3.8) is 0 Å². The van der Waals surface area contributed by atoms with Crippen LogP contribution in [0.2, 0.25) is 0 Å². The van der Waals surface area contributed by atoms with Crippen molar-refractivity contribution in [2.45, 2.75) is 38.5 Å². The Bertz CT molecular complexity index is 1340. The minimum absolute atomic E-state index is 0.00733. The summed E-state index contributed by atoms with van der Waals surface area (Å²) in [6.45, 7) is 3.07. The number of piperazine rings is 1. The number of nitrogens with one attached hydrogen (secondary N) is 1. The second-order valence-electron chi connectivity index (χ2n) is 9.76. The summed E-state index contributed by atoms with van der Waals surface area (Å²) in [6, 6.07) is 19.0. The van der Waals surface area contributed by atoms with Crippen molar-refractivity contribution in [3.8, 4) is 0 Å². The number of urea groups is 1. The predicted molar refractivity (Wildman–Crippen MR) is 142 cm³/mol. The first-order valence-corrected chi connectivity index (χ1v) is 13.0. The minimum Gasteiger partial charge on any atom is -0.340 e. The molecule has 4 amide bonds. The number of rotatable bonds is 7. The third kappa shape index (κ3) is 4.81. The fourth-order valence-corrected chi connectivity index (χ4v) is 5.56. The highest BCUT2D eigenvalue weighted by molar-refractivity contribution is 5.92. The van der Waals surface area contributed by atoms with Crippen molar-refractivity contribution >= 4 is 28.6 Å². The molecule has 0 spiro atoms. The van der Waals surface area contributed by atoms with Gasteiger partial charge in [0, 0.05) is 26.6 Å².